The van der Waals surface area contributed by atoms with E-state index in [1.54, 1.807) is 7.11 Å². The molecule has 1 aromatic carbocycles. The third-order valence-electron chi connectivity index (χ3n) is 4.04. The first-order chi connectivity index (χ1) is 11.1. The Morgan fingerprint density at radius 1 is 1.09 bits per heavy atom. The normalized spacial score (nSPS) is 15.7. The molecule has 0 bridgehead atoms. The molecule has 0 N–H and O–H groups in total. The Morgan fingerprint density at radius 3 is 2.26 bits per heavy atom. The quantitative estimate of drug-likeness (QED) is 0.773. The van der Waals surface area contributed by atoms with E-state index in [2.05, 4.69) is 18.7 Å². The summed E-state index contributed by atoms with van der Waals surface area (Å²) in [4.78, 5) is 16.4. The molecule has 0 saturated carbocycles. The lowest BCUT2D eigenvalue weighted by molar-refractivity contribution is -0.133. The monoisotopic (exact) mass is 320 g/mol. The van der Waals surface area contributed by atoms with Crippen LogP contribution in [0.15, 0.2) is 24.3 Å². The summed E-state index contributed by atoms with van der Waals surface area (Å²) in [6.07, 6.45) is 0.653. The van der Waals surface area contributed by atoms with Crippen molar-refractivity contribution in [3.8, 4) is 11.5 Å². The Hall–Kier alpha value is -1.75. The molecular formula is C18H28N2O3. The van der Waals surface area contributed by atoms with Crippen LogP contribution in [0, 0.1) is 5.92 Å². The summed E-state index contributed by atoms with van der Waals surface area (Å²) >= 11 is 0. The molecule has 0 aliphatic carbocycles. The molecule has 0 spiro atoms. The molecule has 5 nitrogen and oxygen atoms in total. The minimum absolute atomic E-state index is 0.286. The number of carbonyl (C=O) groups excluding carboxylic acids is 1. The highest BCUT2D eigenvalue weighted by Gasteiger charge is 2.21. The Balaban J connectivity index is 1.65. The van der Waals surface area contributed by atoms with Gasteiger partial charge in [0.2, 0.25) is 5.91 Å². The van der Waals surface area contributed by atoms with Crippen LogP contribution >= 0.6 is 0 Å². The van der Waals surface area contributed by atoms with Crippen molar-refractivity contribution in [1.82, 2.24) is 9.80 Å². The largest absolute Gasteiger partial charge is 0.497 e. The standard InChI is InChI=1S/C18H28N2O3/c1-15(2)14-18(21)20-10-8-19(9-11-20)12-13-23-17-6-4-16(22-3)5-7-17/h4-7,15H,8-14H2,1-3H3. The lowest BCUT2D eigenvalue weighted by Gasteiger charge is -2.35. The molecule has 0 radical (unpaired) electrons. The predicted octanol–water partition coefficient (Wildman–Crippen LogP) is 2.26. The number of hydrogen-bond donors (Lipinski definition) is 0. The molecule has 0 atom stereocenters. The second-order valence-electron chi connectivity index (χ2n) is 6.34. The summed E-state index contributed by atoms with van der Waals surface area (Å²) in [5, 5.41) is 0. The molecule has 2 rings (SSSR count). The summed E-state index contributed by atoms with van der Waals surface area (Å²) in [6.45, 7) is 9.23. The molecule has 1 fully saturated rings. The number of amides is 1. The van der Waals surface area contributed by atoms with Gasteiger partial charge in [0.05, 0.1) is 7.11 Å². The van der Waals surface area contributed by atoms with Crippen LogP contribution in [0.1, 0.15) is 20.3 Å². The first-order valence-electron chi connectivity index (χ1n) is 8.35. The molecule has 1 aromatic rings. The first-order valence-corrected chi connectivity index (χ1v) is 8.35. The van der Waals surface area contributed by atoms with Crippen molar-refractivity contribution >= 4 is 5.91 Å². The van der Waals surface area contributed by atoms with Crippen LogP contribution in [0.25, 0.3) is 0 Å². The van der Waals surface area contributed by atoms with Crippen molar-refractivity contribution < 1.29 is 14.3 Å². The van der Waals surface area contributed by atoms with E-state index in [-0.39, 0.29) is 5.91 Å². The van der Waals surface area contributed by atoms with Crippen LogP contribution < -0.4 is 9.47 Å². The van der Waals surface area contributed by atoms with Crippen molar-refractivity contribution in [2.45, 2.75) is 20.3 Å². The minimum atomic E-state index is 0.286. The third-order valence-corrected chi connectivity index (χ3v) is 4.04. The molecule has 1 heterocycles. The molecule has 1 aliphatic heterocycles. The lowest BCUT2D eigenvalue weighted by Crippen LogP contribution is -2.49. The predicted molar refractivity (Wildman–Crippen MR) is 91.0 cm³/mol. The fourth-order valence-electron chi connectivity index (χ4n) is 2.66. The number of carbonyl (C=O) groups is 1. The summed E-state index contributed by atoms with van der Waals surface area (Å²) in [6, 6.07) is 7.63. The van der Waals surface area contributed by atoms with Crippen LogP contribution in [0.3, 0.4) is 0 Å². The van der Waals surface area contributed by atoms with Gasteiger partial charge in [-0.15, -0.1) is 0 Å². The Labute approximate surface area is 139 Å². The van der Waals surface area contributed by atoms with Gasteiger partial charge in [-0.05, 0) is 30.2 Å². The number of nitrogens with zero attached hydrogens (tertiary/aromatic N) is 2. The highest BCUT2D eigenvalue weighted by atomic mass is 16.5. The van der Waals surface area contributed by atoms with E-state index in [9.17, 15) is 4.79 Å². The number of ether oxygens (including phenoxy) is 2. The SMILES string of the molecule is COc1ccc(OCCN2CCN(C(=O)CC(C)C)CC2)cc1. The van der Waals surface area contributed by atoms with E-state index in [1.807, 2.05) is 29.2 Å². The van der Waals surface area contributed by atoms with Crippen LogP contribution in [-0.4, -0.2) is 62.1 Å². The van der Waals surface area contributed by atoms with Gasteiger partial charge in [-0.25, -0.2) is 0 Å². The number of hydrogen-bond acceptors (Lipinski definition) is 4. The second-order valence-corrected chi connectivity index (χ2v) is 6.34. The fourth-order valence-corrected chi connectivity index (χ4v) is 2.66. The van der Waals surface area contributed by atoms with Gasteiger partial charge in [-0.1, -0.05) is 13.8 Å². The summed E-state index contributed by atoms with van der Waals surface area (Å²) < 4.78 is 10.9. The van der Waals surface area contributed by atoms with E-state index in [0.29, 0.717) is 18.9 Å². The van der Waals surface area contributed by atoms with Gasteiger partial charge in [-0.3, -0.25) is 9.69 Å². The second kappa shape index (κ2) is 8.77. The first kappa shape index (κ1) is 17.6. The van der Waals surface area contributed by atoms with Crippen LogP contribution in [0.2, 0.25) is 0 Å². The number of benzene rings is 1. The van der Waals surface area contributed by atoms with Crippen LogP contribution in [0.5, 0.6) is 11.5 Å². The molecular weight excluding hydrogens is 292 g/mol. The molecule has 23 heavy (non-hydrogen) atoms. The van der Waals surface area contributed by atoms with E-state index in [1.165, 1.54) is 0 Å². The highest BCUT2D eigenvalue weighted by Crippen LogP contribution is 2.17. The van der Waals surface area contributed by atoms with E-state index in [0.717, 1.165) is 44.2 Å². The number of methoxy groups -OCH3 is 1. The average molecular weight is 320 g/mol. The summed E-state index contributed by atoms with van der Waals surface area (Å²) in [5.41, 5.74) is 0. The molecule has 0 aromatic heterocycles. The third kappa shape index (κ3) is 5.75. The van der Waals surface area contributed by atoms with Crippen molar-refractivity contribution in [3.63, 3.8) is 0 Å². The van der Waals surface area contributed by atoms with Crippen molar-refractivity contribution in [3.05, 3.63) is 24.3 Å². The highest BCUT2D eigenvalue weighted by molar-refractivity contribution is 5.76. The molecule has 1 saturated heterocycles. The summed E-state index contributed by atoms with van der Waals surface area (Å²) in [5.74, 6) is 2.41. The smallest absolute Gasteiger partial charge is 0.222 e. The molecule has 0 unspecified atom stereocenters. The summed E-state index contributed by atoms with van der Waals surface area (Å²) in [7, 11) is 1.65. The topological polar surface area (TPSA) is 42.0 Å². The Morgan fingerprint density at radius 2 is 1.70 bits per heavy atom. The van der Waals surface area contributed by atoms with Crippen molar-refractivity contribution in [2.75, 3.05) is 46.4 Å². The van der Waals surface area contributed by atoms with E-state index in [4.69, 9.17) is 9.47 Å². The minimum Gasteiger partial charge on any atom is -0.497 e. The van der Waals surface area contributed by atoms with Crippen LogP contribution in [0.4, 0.5) is 0 Å². The van der Waals surface area contributed by atoms with Crippen molar-refractivity contribution in [1.29, 1.82) is 0 Å². The van der Waals surface area contributed by atoms with E-state index < -0.39 is 0 Å². The van der Waals surface area contributed by atoms with Gasteiger partial charge in [-0.2, -0.15) is 0 Å². The zero-order chi connectivity index (χ0) is 16.7. The lowest BCUT2D eigenvalue weighted by atomic mass is 10.1. The molecule has 1 aliphatic rings. The van der Waals surface area contributed by atoms with E-state index >= 15 is 0 Å². The maximum Gasteiger partial charge on any atom is 0.222 e. The number of rotatable bonds is 7. The zero-order valence-corrected chi connectivity index (χ0v) is 14.5. The van der Waals surface area contributed by atoms with Gasteiger partial charge in [0.15, 0.2) is 0 Å². The van der Waals surface area contributed by atoms with Gasteiger partial charge in [0, 0.05) is 39.1 Å². The zero-order valence-electron chi connectivity index (χ0n) is 14.5. The van der Waals surface area contributed by atoms with Gasteiger partial charge >= 0.3 is 0 Å². The maximum atomic E-state index is 12.0. The average Bonchev–Trinajstić information content (AvgIpc) is 2.55. The number of piperazine rings is 1. The fraction of sp³-hybridized carbons (Fsp3) is 0.611. The molecule has 128 valence electrons. The maximum absolute atomic E-state index is 12.0. The van der Waals surface area contributed by atoms with Gasteiger partial charge in [0.1, 0.15) is 18.1 Å². The van der Waals surface area contributed by atoms with Crippen molar-refractivity contribution in [2.24, 2.45) is 5.92 Å². The van der Waals surface area contributed by atoms with Gasteiger partial charge in [0.25, 0.3) is 0 Å². The molecule has 1 amide bonds. The molecule has 5 heteroatoms. The van der Waals surface area contributed by atoms with Crippen LogP contribution in [-0.2, 0) is 4.79 Å². The Kier molecular flexibility index (Phi) is 6.71. The Bertz CT molecular complexity index is 480. The van der Waals surface area contributed by atoms with Gasteiger partial charge < -0.3 is 14.4 Å².